The quantitative estimate of drug-likeness (QED) is 0.750. The number of aryl methyl sites for hydroxylation is 1. The number of imidazole rings is 1. The SMILES string of the molecule is CCCCSC(=O)c1ncn2c(=O)n(C)nnc12. The van der Waals surface area contributed by atoms with Crippen LogP contribution in [-0.2, 0) is 7.05 Å². The lowest BCUT2D eigenvalue weighted by atomic mass is 10.4. The van der Waals surface area contributed by atoms with E-state index in [1.807, 2.05) is 0 Å². The Morgan fingerprint density at radius 1 is 1.50 bits per heavy atom. The fourth-order valence-electron chi connectivity index (χ4n) is 1.40. The molecule has 8 heteroatoms. The Morgan fingerprint density at radius 2 is 2.28 bits per heavy atom. The zero-order valence-corrected chi connectivity index (χ0v) is 11.0. The molecule has 0 radical (unpaired) electrons. The third kappa shape index (κ3) is 2.28. The van der Waals surface area contributed by atoms with Crippen molar-refractivity contribution in [2.75, 3.05) is 5.75 Å². The van der Waals surface area contributed by atoms with E-state index in [0.29, 0.717) is 0 Å². The summed E-state index contributed by atoms with van der Waals surface area (Å²) in [4.78, 5) is 27.5. The first-order chi connectivity index (χ1) is 8.65. The van der Waals surface area contributed by atoms with Gasteiger partial charge in [-0.3, -0.25) is 4.79 Å². The highest BCUT2D eigenvalue weighted by Crippen LogP contribution is 2.14. The van der Waals surface area contributed by atoms with Crippen LogP contribution in [0, 0.1) is 0 Å². The first-order valence-corrected chi connectivity index (χ1v) is 6.58. The number of hydrogen-bond acceptors (Lipinski definition) is 6. The number of aromatic nitrogens is 5. The van der Waals surface area contributed by atoms with E-state index in [1.54, 1.807) is 0 Å². The van der Waals surface area contributed by atoms with Gasteiger partial charge in [0.15, 0.2) is 11.3 Å². The lowest BCUT2D eigenvalue weighted by Gasteiger charge is -1.98. The summed E-state index contributed by atoms with van der Waals surface area (Å²) >= 11 is 1.19. The van der Waals surface area contributed by atoms with Gasteiger partial charge in [0.1, 0.15) is 6.33 Å². The molecule has 0 aliphatic rings. The fourth-order valence-corrected chi connectivity index (χ4v) is 2.30. The fraction of sp³-hybridized carbons (Fsp3) is 0.500. The molecule has 0 bridgehead atoms. The van der Waals surface area contributed by atoms with Crippen molar-refractivity contribution in [3.8, 4) is 0 Å². The zero-order chi connectivity index (χ0) is 13.1. The summed E-state index contributed by atoms with van der Waals surface area (Å²) in [6, 6.07) is 0. The Kier molecular flexibility index (Phi) is 3.75. The Labute approximate surface area is 107 Å². The molecule has 96 valence electrons. The van der Waals surface area contributed by atoms with Crippen molar-refractivity contribution < 1.29 is 4.79 Å². The first kappa shape index (κ1) is 12.7. The van der Waals surface area contributed by atoms with Crippen molar-refractivity contribution in [1.82, 2.24) is 24.4 Å². The van der Waals surface area contributed by atoms with Crippen LogP contribution in [0.4, 0.5) is 0 Å². The summed E-state index contributed by atoms with van der Waals surface area (Å²) in [5.41, 5.74) is 0.0403. The molecular weight excluding hydrogens is 254 g/mol. The molecule has 0 aliphatic carbocycles. The van der Waals surface area contributed by atoms with Gasteiger partial charge in [-0.15, -0.1) is 5.10 Å². The number of unbranched alkanes of at least 4 members (excludes halogenated alkanes) is 1. The summed E-state index contributed by atoms with van der Waals surface area (Å²) < 4.78 is 2.31. The Balaban J connectivity index is 2.32. The highest BCUT2D eigenvalue weighted by molar-refractivity contribution is 8.14. The number of carbonyl (C=O) groups is 1. The molecule has 0 N–H and O–H groups in total. The van der Waals surface area contributed by atoms with Gasteiger partial charge in [-0.1, -0.05) is 30.3 Å². The largest absolute Gasteiger partial charge is 0.352 e. The average molecular weight is 267 g/mol. The number of fused-ring (bicyclic) bond motifs is 1. The summed E-state index contributed by atoms with van der Waals surface area (Å²) in [7, 11) is 1.49. The van der Waals surface area contributed by atoms with Gasteiger partial charge in [0.2, 0.25) is 5.12 Å². The van der Waals surface area contributed by atoms with Gasteiger partial charge in [0, 0.05) is 12.8 Å². The molecule has 7 nitrogen and oxygen atoms in total. The maximum absolute atomic E-state index is 11.9. The van der Waals surface area contributed by atoms with E-state index < -0.39 is 0 Å². The van der Waals surface area contributed by atoms with Crippen LogP contribution < -0.4 is 5.69 Å². The van der Waals surface area contributed by atoms with E-state index in [-0.39, 0.29) is 22.1 Å². The van der Waals surface area contributed by atoms with Crippen LogP contribution in [0.3, 0.4) is 0 Å². The lowest BCUT2D eigenvalue weighted by Crippen LogP contribution is -2.27. The molecule has 0 fully saturated rings. The molecule has 0 amide bonds. The Morgan fingerprint density at radius 3 is 3.00 bits per heavy atom. The van der Waals surface area contributed by atoms with E-state index in [9.17, 15) is 9.59 Å². The van der Waals surface area contributed by atoms with Crippen molar-refractivity contribution in [3.63, 3.8) is 0 Å². The Bertz CT molecular complexity index is 633. The predicted molar refractivity (Wildman–Crippen MR) is 67.7 cm³/mol. The van der Waals surface area contributed by atoms with Crippen LogP contribution in [0.15, 0.2) is 11.1 Å². The monoisotopic (exact) mass is 267 g/mol. The molecule has 2 aromatic heterocycles. The molecule has 0 spiro atoms. The molecule has 0 aliphatic heterocycles. The van der Waals surface area contributed by atoms with Gasteiger partial charge in [0.25, 0.3) is 0 Å². The summed E-state index contributed by atoms with van der Waals surface area (Å²) in [5.74, 6) is 0.743. The molecule has 18 heavy (non-hydrogen) atoms. The van der Waals surface area contributed by atoms with Crippen LogP contribution in [0.1, 0.15) is 30.3 Å². The molecule has 0 atom stereocenters. The number of rotatable bonds is 4. The van der Waals surface area contributed by atoms with E-state index in [2.05, 4.69) is 22.2 Å². The lowest BCUT2D eigenvalue weighted by molar-refractivity contribution is 0.108. The van der Waals surface area contributed by atoms with Gasteiger partial charge in [-0.2, -0.15) is 4.68 Å². The van der Waals surface area contributed by atoms with Gasteiger partial charge >= 0.3 is 5.69 Å². The van der Waals surface area contributed by atoms with Gasteiger partial charge in [-0.25, -0.2) is 14.2 Å². The number of nitrogens with zero attached hydrogens (tertiary/aromatic N) is 5. The minimum atomic E-state index is -0.370. The number of thioether (sulfide) groups is 1. The van der Waals surface area contributed by atoms with Crippen LogP contribution >= 0.6 is 11.8 Å². The smallest absolute Gasteiger partial charge is 0.280 e. The minimum absolute atomic E-state index is 0.173. The summed E-state index contributed by atoms with van der Waals surface area (Å²) in [6.07, 6.45) is 3.31. The summed E-state index contributed by atoms with van der Waals surface area (Å²) in [6.45, 7) is 2.06. The third-order valence-electron chi connectivity index (χ3n) is 2.42. The van der Waals surface area contributed by atoms with Gasteiger partial charge in [0.05, 0.1) is 0 Å². The highest BCUT2D eigenvalue weighted by atomic mass is 32.2. The maximum atomic E-state index is 11.9. The van der Waals surface area contributed by atoms with Crippen LogP contribution in [0.5, 0.6) is 0 Å². The van der Waals surface area contributed by atoms with E-state index >= 15 is 0 Å². The molecule has 2 heterocycles. The zero-order valence-electron chi connectivity index (χ0n) is 10.2. The van der Waals surface area contributed by atoms with Gasteiger partial charge in [-0.05, 0) is 6.42 Å². The van der Waals surface area contributed by atoms with Crippen molar-refractivity contribution in [2.24, 2.45) is 7.05 Å². The van der Waals surface area contributed by atoms with E-state index in [0.717, 1.165) is 23.3 Å². The van der Waals surface area contributed by atoms with Crippen molar-refractivity contribution in [1.29, 1.82) is 0 Å². The topological polar surface area (TPSA) is 82.2 Å². The second-order valence-electron chi connectivity index (χ2n) is 3.77. The maximum Gasteiger partial charge on any atom is 0.352 e. The van der Waals surface area contributed by atoms with E-state index in [4.69, 9.17) is 0 Å². The normalized spacial score (nSPS) is 11.0. The first-order valence-electron chi connectivity index (χ1n) is 5.59. The molecule has 2 rings (SSSR count). The number of carbonyl (C=O) groups excluding carboxylic acids is 1. The van der Waals surface area contributed by atoms with Gasteiger partial charge < -0.3 is 0 Å². The minimum Gasteiger partial charge on any atom is -0.280 e. The molecular formula is C10H13N5O2S. The summed E-state index contributed by atoms with van der Waals surface area (Å²) in [5, 5.41) is 7.31. The van der Waals surface area contributed by atoms with Crippen LogP contribution in [-0.4, -0.2) is 35.2 Å². The third-order valence-corrected chi connectivity index (χ3v) is 3.37. The van der Waals surface area contributed by atoms with E-state index in [1.165, 1.54) is 29.5 Å². The standard InChI is InChI=1S/C10H13N5O2S/c1-3-4-5-18-9(16)7-8-12-13-14(2)10(17)15(8)6-11-7/h6H,3-5H2,1-2H3. The van der Waals surface area contributed by atoms with Crippen molar-refractivity contribution in [3.05, 3.63) is 22.5 Å². The molecule has 0 aromatic carbocycles. The molecule has 0 unspecified atom stereocenters. The average Bonchev–Trinajstić information content (AvgIpc) is 2.78. The van der Waals surface area contributed by atoms with Crippen molar-refractivity contribution in [2.45, 2.75) is 19.8 Å². The second-order valence-corrected chi connectivity index (χ2v) is 4.84. The van der Waals surface area contributed by atoms with Crippen molar-refractivity contribution >= 4 is 22.5 Å². The van der Waals surface area contributed by atoms with Crippen LogP contribution in [0.25, 0.3) is 5.65 Å². The predicted octanol–water partition coefficient (Wildman–Crippen LogP) is 0.496. The molecule has 0 saturated heterocycles. The Hall–Kier alpha value is -1.70. The number of hydrogen-bond donors (Lipinski definition) is 0. The molecule has 0 saturated carbocycles. The molecule has 2 aromatic rings. The second kappa shape index (κ2) is 5.30. The van der Waals surface area contributed by atoms with Crippen LogP contribution in [0.2, 0.25) is 0 Å². The highest BCUT2D eigenvalue weighted by Gasteiger charge is 2.17.